The van der Waals surface area contributed by atoms with Crippen LogP contribution in [0.2, 0.25) is 0 Å². The molecule has 0 aliphatic carbocycles. The fraction of sp³-hybridized carbons (Fsp3) is 0. The number of amides is 1. The Morgan fingerprint density at radius 3 is 2.62 bits per heavy atom. The molecule has 5 aromatic rings. The Kier molecular flexibility index (Phi) is 4.10. The number of rotatable bonds is 4. The summed E-state index contributed by atoms with van der Waals surface area (Å²) in [5, 5.41) is 2.77. The molecule has 0 atom stereocenters. The number of carbonyl (C=O) groups is 1. The lowest BCUT2D eigenvalue weighted by Crippen LogP contribution is -2.08. The first-order valence-electron chi connectivity index (χ1n) is 8.99. The summed E-state index contributed by atoms with van der Waals surface area (Å²) in [4.78, 5) is 25.3. The van der Waals surface area contributed by atoms with Crippen molar-refractivity contribution in [2.24, 2.45) is 0 Å². The smallest absolute Gasteiger partial charge is 0.248 e. The van der Waals surface area contributed by atoms with Gasteiger partial charge in [-0.2, -0.15) is 0 Å². The molecule has 140 valence electrons. The van der Waals surface area contributed by atoms with Crippen LogP contribution >= 0.6 is 0 Å². The number of imidazole rings is 1. The Labute approximate surface area is 165 Å². The lowest BCUT2D eigenvalue weighted by molar-refractivity contribution is -0.111. The SMILES string of the molecule is O=C(/C=C/c1nc2ccccc2o1)Nc1ccc(-n2cnc3ccccc32)nc1. The maximum atomic E-state index is 12.2. The van der Waals surface area contributed by atoms with Gasteiger partial charge in [-0.3, -0.25) is 9.36 Å². The van der Waals surface area contributed by atoms with Crippen molar-refractivity contribution in [3.05, 3.63) is 85.2 Å². The molecule has 3 aromatic heterocycles. The highest BCUT2D eigenvalue weighted by atomic mass is 16.3. The number of aromatic nitrogens is 4. The summed E-state index contributed by atoms with van der Waals surface area (Å²) in [6.45, 7) is 0. The van der Waals surface area contributed by atoms with Crippen molar-refractivity contribution >= 4 is 39.8 Å². The van der Waals surface area contributed by atoms with Crippen molar-refractivity contribution in [3.8, 4) is 5.82 Å². The Balaban J connectivity index is 1.29. The zero-order chi connectivity index (χ0) is 19.6. The quantitative estimate of drug-likeness (QED) is 0.471. The Hall–Kier alpha value is -4.26. The predicted octanol–water partition coefficient (Wildman–Crippen LogP) is 4.21. The van der Waals surface area contributed by atoms with E-state index in [1.807, 2.05) is 59.2 Å². The van der Waals surface area contributed by atoms with Gasteiger partial charge in [0.05, 0.1) is 22.9 Å². The molecule has 0 aliphatic heterocycles. The van der Waals surface area contributed by atoms with Gasteiger partial charge in [0, 0.05) is 12.2 Å². The standard InChI is InChI=1S/C22H15N5O2/c28-21(11-12-22-26-17-6-2-4-8-19(17)29-22)25-15-9-10-20(23-13-15)27-14-24-16-5-1-3-7-18(16)27/h1-14H,(H,25,28)/b12-11+. The lowest BCUT2D eigenvalue weighted by atomic mass is 10.3. The van der Waals surface area contributed by atoms with Gasteiger partial charge in [-0.05, 0) is 36.4 Å². The Bertz CT molecular complexity index is 1320. The lowest BCUT2D eigenvalue weighted by Gasteiger charge is -2.05. The average Bonchev–Trinajstić information content (AvgIpc) is 3.37. The summed E-state index contributed by atoms with van der Waals surface area (Å²) >= 11 is 0. The molecule has 0 unspecified atom stereocenters. The molecule has 3 heterocycles. The molecule has 1 amide bonds. The third-order valence-electron chi connectivity index (χ3n) is 4.40. The monoisotopic (exact) mass is 381 g/mol. The zero-order valence-corrected chi connectivity index (χ0v) is 15.2. The molecule has 0 saturated carbocycles. The number of pyridine rings is 1. The normalized spacial score (nSPS) is 11.4. The van der Waals surface area contributed by atoms with Crippen LogP contribution in [0.1, 0.15) is 5.89 Å². The average molecular weight is 381 g/mol. The number of nitrogens with zero attached hydrogens (tertiary/aromatic N) is 4. The molecule has 7 nitrogen and oxygen atoms in total. The van der Waals surface area contributed by atoms with Crippen molar-refractivity contribution in [2.75, 3.05) is 5.32 Å². The number of para-hydroxylation sites is 4. The summed E-state index contributed by atoms with van der Waals surface area (Å²) in [7, 11) is 0. The fourth-order valence-corrected chi connectivity index (χ4v) is 3.04. The minimum absolute atomic E-state index is 0.296. The van der Waals surface area contributed by atoms with Gasteiger partial charge in [-0.25, -0.2) is 15.0 Å². The summed E-state index contributed by atoms with van der Waals surface area (Å²) in [6, 6.07) is 18.9. The molecular formula is C22H15N5O2. The molecule has 0 radical (unpaired) electrons. The number of benzene rings is 2. The fourth-order valence-electron chi connectivity index (χ4n) is 3.04. The second-order valence-corrected chi connectivity index (χ2v) is 6.35. The van der Waals surface area contributed by atoms with Crippen molar-refractivity contribution in [1.29, 1.82) is 0 Å². The number of hydrogen-bond donors (Lipinski definition) is 1. The van der Waals surface area contributed by atoms with Gasteiger partial charge in [0.1, 0.15) is 17.7 Å². The van der Waals surface area contributed by atoms with E-state index in [0.29, 0.717) is 17.2 Å². The predicted molar refractivity (Wildman–Crippen MR) is 111 cm³/mol. The van der Waals surface area contributed by atoms with Crippen LogP contribution < -0.4 is 5.32 Å². The molecule has 1 N–H and O–H groups in total. The second-order valence-electron chi connectivity index (χ2n) is 6.35. The molecular weight excluding hydrogens is 366 g/mol. The van der Waals surface area contributed by atoms with Crippen LogP contribution in [0.15, 0.2) is 83.7 Å². The summed E-state index contributed by atoms with van der Waals surface area (Å²) < 4.78 is 7.46. The van der Waals surface area contributed by atoms with Gasteiger partial charge in [-0.1, -0.05) is 24.3 Å². The third-order valence-corrected chi connectivity index (χ3v) is 4.40. The number of nitrogens with one attached hydrogen (secondary N) is 1. The summed E-state index contributed by atoms with van der Waals surface area (Å²) in [5.41, 5.74) is 3.89. The summed E-state index contributed by atoms with van der Waals surface area (Å²) in [5.74, 6) is 0.801. The van der Waals surface area contributed by atoms with Crippen LogP contribution in [0.25, 0.3) is 34.0 Å². The van der Waals surface area contributed by atoms with Gasteiger partial charge in [-0.15, -0.1) is 0 Å². The van der Waals surface area contributed by atoms with Gasteiger partial charge in [0.2, 0.25) is 11.8 Å². The molecule has 29 heavy (non-hydrogen) atoms. The number of hydrogen-bond acceptors (Lipinski definition) is 5. The molecule has 0 spiro atoms. The van der Waals surface area contributed by atoms with E-state index in [-0.39, 0.29) is 5.91 Å². The van der Waals surface area contributed by atoms with Crippen LogP contribution in [-0.2, 0) is 4.79 Å². The highest BCUT2D eigenvalue weighted by Crippen LogP contribution is 2.18. The number of fused-ring (bicyclic) bond motifs is 2. The molecule has 0 saturated heterocycles. The van der Waals surface area contributed by atoms with E-state index < -0.39 is 0 Å². The molecule has 5 rings (SSSR count). The van der Waals surface area contributed by atoms with Gasteiger partial charge < -0.3 is 9.73 Å². The highest BCUT2D eigenvalue weighted by Gasteiger charge is 2.06. The molecule has 2 aromatic carbocycles. The maximum absolute atomic E-state index is 12.2. The third kappa shape index (κ3) is 3.37. The van der Waals surface area contributed by atoms with Crippen LogP contribution in [0.3, 0.4) is 0 Å². The van der Waals surface area contributed by atoms with E-state index in [1.165, 1.54) is 12.2 Å². The van der Waals surface area contributed by atoms with E-state index >= 15 is 0 Å². The Morgan fingerprint density at radius 1 is 0.966 bits per heavy atom. The van der Waals surface area contributed by atoms with E-state index in [0.717, 1.165) is 22.4 Å². The highest BCUT2D eigenvalue weighted by molar-refractivity contribution is 6.01. The number of oxazole rings is 1. The van der Waals surface area contributed by atoms with Gasteiger partial charge in [0.15, 0.2) is 5.58 Å². The molecule has 7 heteroatoms. The van der Waals surface area contributed by atoms with E-state index in [4.69, 9.17) is 4.42 Å². The first-order chi connectivity index (χ1) is 14.3. The molecule has 0 aliphatic rings. The topological polar surface area (TPSA) is 85.8 Å². The van der Waals surface area contributed by atoms with Crippen molar-refractivity contribution in [1.82, 2.24) is 19.5 Å². The first kappa shape index (κ1) is 16.9. The molecule has 0 fully saturated rings. The Morgan fingerprint density at radius 2 is 1.79 bits per heavy atom. The van der Waals surface area contributed by atoms with E-state index in [9.17, 15) is 4.79 Å². The van der Waals surface area contributed by atoms with Crippen molar-refractivity contribution in [2.45, 2.75) is 0 Å². The van der Waals surface area contributed by atoms with Crippen LogP contribution in [0.4, 0.5) is 5.69 Å². The van der Waals surface area contributed by atoms with Gasteiger partial charge >= 0.3 is 0 Å². The largest absolute Gasteiger partial charge is 0.437 e. The molecule has 0 bridgehead atoms. The minimum atomic E-state index is -0.296. The van der Waals surface area contributed by atoms with E-state index in [1.54, 1.807) is 18.6 Å². The number of carbonyl (C=O) groups excluding carboxylic acids is 1. The zero-order valence-electron chi connectivity index (χ0n) is 15.2. The summed E-state index contributed by atoms with van der Waals surface area (Å²) in [6.07, 6.45) is 6.25. The van der Waals surface area contributed by atoms with Crippen LogP contribution in [0.5, 0.6) is 0 Å². The van der Waals surface area contributed by atoms with Crippen molar-refractivity contribution < 1.29 is 9.21 Å². The number of anilines is 1. The van der Waals surface area contributed by atoms with Gasteiger partial charge in [0.25, 0.3) is 0 Å². The maximum Gasteiger partial charge on any atom is 0.248 e. The first-order valence-corrected chi connectivity index (χ1v) is 8.99. The minimum Gasteiger partial charge on any atom is -0.437 e. The van der Waals surface area contributed by atoms with Crippen LogP contribution in [0, 0.1) is 0 Å². The van der Waals surface area contributed by atoms with Crippen molar-refractivity contribution in [3.63, 3.8) is 0 Å². The van der Waals surface area contributed by atoms with Crippen LogP contribution in [-0.4, -0.2) is 25.4 Å². The van der Waals surface area contributed by atoms with E-state index in [2.05, 4.69) is 20.3 Å². The second kappa shape index (κ2) is 7.05.